The van der Waals surface area contributed by atoms with Crippen LogP contribution < -0.4 is 10.6 Å². The van der Waals surface area contributed by atoms with Crippen LogP contribution in [0.1, 0.15) is 53.9 Å². The van der Waals surface area contributed by atoms with Gasteiger partial charge in [-0.15, -0.1) is 0 Å². The van der Waals surface area contributed by atoms with E-state index >= 15 is 0 Å². The van der Waals surface area contributed by atoms with Gasteiger partial charge in [0.1, 0.15) is 0 Å². The number of piperidine rings is 1. The number of aliphatic hydroxyl groups is 1. The van der Waals surface area contributed by atoms with E-state index in [0.717, 1.165) is 32.5 Å². The standard InChI is InChI=1S/C18H37N3O2/c1-6-9-21-10-7-15(8-11-21)12-19-17(23)20-13-18(4,5)16(22)14(2)3/h14-16,22H,6-13H2,1-5H3,(H2,19,20,23). The molecule has 0 aliphatic carbocycles. The number of urea groups is 1. The zero-order chi connectivity index (χ0) is 17.5. The van der Waals surface area contributed by atoms with Gasteiger partial charge in [-0.25, -0.2) is 4.79 Å². The van der Waals surface area contributed by atoms with Crippen LogP contribution in [-0.2, 0) is 0 Å². The van der Waals surface area contributed by atoms with E-state index in [1.807, 2.05) is 27.7 Å². The normalized spacial score (nSPS) is 18.9. The molecule has 3 N–H and O–H groups in total. The molecular weight excluding hydrogens is 290 g/mol. The van der Waals surface area contributed by atoms with Crippen LogP contribution in [-0.4, -0.2) is 54.9 Å². The molecule has 1 atom stereocenters. The number of hydrogen-bond donors (Lipinski definition) is 3. The van der Waals surface area contributed by atoms with E-state index in [2.05, 4.69) is 22.5 Å². The molecule has 1 aliphatic heterocycles. The lowest BCUT2D eigenvalue weighted by Crippen LogP contribution is -2.47. The Labute approximate surface area is 142 Å². The number of nitrogens with one attached hydrogen (secondary N) is 2. The number of rotatable bonds is 8. The number of aliphatic hydroxyl groups excluding tert-OH is 1. The molecule has 0 bridgehead atoms. The summed E-state index contributed by atoms with van der Waals surface area (Å²) in [5.74, 6) is 0.770. The van der Waals surface area contributed by atoms with Gasteiger partial charge in [-0.1, -0.05) is 34.6 Å². The smallest absolute Gasteiger partial charge is 0.314 e. The molecule has 1 unspecified atom stereocenters. The lowest BCUT2D eigenvalue weighted by molar-refractivity contribution is 0.0151. The average Bonchev–Trinajstić information content (AvgIpc) is 2.51. The van der Waals surface area contributed by atoms with Crippen LogP contribution in [0.25, 0.3) is 0 Å². The van der Waals surface area contributed by atoms with Crippen LogP contribution in [0, 0.1) is 17.3 Å². The van der Waals surface area contributed by atoms with E-state index in [1.165, 1.54) is 13.0 Å². The molecule has 136 valence electrons. The van der Waals surface area contributed by atoms with Gasteiger partial charge in [0.15, 0.2) is 0 Å². The van der Waals surface area contributed by atoms with Crippen molar-refractivity contribution in [3.8, 4) is 0 Å². The molecule has 1 aliphatic rings. The number of hydrogen-bond acceptors (Lipinski definition) is 3. The second-order valence-electron chi connectivity index (χ2n) is 8.03. The Bertz CT molecular complexity index is 350. The predicted octanol–water partition coefficient (Wildman–Crippen LogP) is 2.45. The SMILES string of the molecule is CCCN1CCC(CNC(=O)NCC(C)(C)C(O)C(C)C)CC1. The van der Waals surface area contributed by atoms with Gasteiger partial charge in [0.05, 0.1) is 6.10 Å². The Morgan fingerprint density at radius 3 is 2.39 bits per heavy atom. The zero-order valence-electron chi connectivity index (χ0n) is 15.7. The average molecular weight is 328 g/mol. The fraction of sp³-hybridized carbons (Fsp3) is 0.944. The molecule has 0 saturated carbocycles. The predicted molar refractivity (Wildman–Crippen MR) is 95.5 cm³/mol. The quantitative estimate of drug-likeness (QED) is 0.641. The van der Waals surface area contributed by atoms with E-state index in [1.54, 1.807) is 0 Å². The molecule has 23 heavy (non-hydrogen) atoms. The second-order valence-corrected chi connectivity index (χ2v) is 8.03. The van der Waals surface area contributed by atoms with Crippen LogP contribution in [0.5, 0.6) is 0 Å². The molecule has 2 amide bonds. The van der Waals surface area contributed by atoms with Crippen molar-refractivity contribution in [2.45, 2.75) is 60.0 Å². The van der Waals surface area contributed by atoms with Crippen LogP contribution in [0.15, 0.2) is 0 Å². The van der Waals surface area contributed by atoms with Crippen LogP contribution in [0.3, 0.4) is 0 Å². The van der Waals surface area contributed by atoms with Crippen molar-refractivity contribution >= 4 is 6.03 Å². The summed E-state index contributed by atoms with van der Waals surface area (Å²) < 4.78 is 0. The summed E-state index contributed by atoms with van der Waals surface area (Å²) in [6.45, 7) is 14.9. The number of nitrogens with zero attached hydrogens (tertiary/aromatic N) is 1. The van der Waals surface area contributed by atoms with Crippen molar-refractivity contribution in [2.75, 3.05) is 32.7 Å². The van der Waals surface area contributed by atoms with Gasteiger partial charge in [0.25, 0.3) is 0 Å². The first-order chi connectivity index (χ1) is 10.8. The number of likely N-dealkylation sites (tertiary alicyclic amines) is 1. The zero-order valence-corrected chi connectivity index (χ0v) is 15.7. The third-order valence-electron chi connectivity index (χ3n) is 4.93. The summed E-state index contributed by atoms with van der Waals surface area (Å²) in [7, 11) is 0. The Morgan fingerprint density at radius 1 is 1.26 bits per heavy atom. The van der Waals surface area contributed by atoms with Crippen molar-refractivity contribution in [1.82, 2.24) is 15.5 Å². The number of amides is 2. The van der Waals surface area contributed by atoms with Crippen molar-refractivity contribution in [3.63, 3.8) is 0 Å². The molecular formula is C18H37N3O2. The third kappa shape index (κ3) is 7.08. The van der Waals surface area contributed by atoms with Crippen LogP contribution in [0.4, 0.5) is 4.79 Å². The topological polar surface area (TPSA) is 64.6 Å². The molecule has 1 heterocycles. The van der Waals surface area contributed by atoms with E-state index < -0.39 is 6.10 Å². The molecule has 0 spiro atoms. The Morgan fingerprint density at radius 2 is 1.87 bits per heavy atom. The summed E-state index contributed by atoms with van der Waals surface area (Å²) in [6, 6.07) is -0.120. The highest BCUT2D eigenvalue weighted by atomic mass is 16.3. The minimum atomic E-state index is -0.425. The minimum Gasteiger partial charge on any atom is -0.392 e. The highest BCUT2D eigenvalue weighted by molar-refractivity contribution is 5.73. The highest BCUT2D eigenvalue weighted by Gasteiger charge is 2.30. The largest absolute Gasteiger partial charge is 0.392 e. The van der Waals surface area contributed by atoms with Crippen molar-refractivity contribution in [1.29, 1.82) is 0 Å². The molecule has 0 radical (unpaired) electrons. The molecule has 1 rings (SSSR count). The Kier molecular flexibility index (Phi) is 8.34. The first kappa shape index (κ1) is 20.2. The van der Waals surface area contributed by atoms with E-state index in [9.17, 15) is 9.90 Å². The maximum absolute atomic E-state index is 12.0. The van der Waals surface area contributed by atoms with Gasteiger partial charge in [-0.05, 0) is 50.7 Å². The monoisotopic (exact) mass is 327 g/mol. The highest BCUT2D eigenvalue weighted by Crippen LogP contribution is 2.25. The first-order valence-electron chi connectivity index (χ1n) is 9.18. The third-order valence-corrected chi connectivity index (χ3v) is 4.93. The Balaban J connectivity index is 2.22. The van der Waals surface area contributed by atoms with Crippen LogP contribution >= 0.6 is 0 Å². The van der Waals surface area contributed by atoms with Crippen molar-refractivity contribution in [3.05, 3.63) is 0 Å². The second kappa shape index (κ2) is 9.48. The van der Waals surface area contributed by atoms with Gasteiger partial charge in [0, 0.05) is 18.5 Å². The number of carbonyl (C=O) groups is 1. The Hall–Kier alpha value is -0.810. The minimum absolute atomic E-state index is 0.120. The van der Waals surface area contributed by atoms with E-state index in [0.29, 0.717) is 12.5 Å². The molecule has 5 heteroatoms. The summed E-state index contributed by atoms with van der Waals surface area (Å²) in [4.78, 5) is 14.5. The van der Waals surface area contributed by atoms with Gasteiger partial charge in [-0.3, -0.25) is 0 Å². The van der Waals surface area contributed by atoms with Gasteiger partial charge in [-0.2, -0.15) is 0 Å². The lowest BCUT2D eigenvalue weighted by atomic mass is 9.81. The fourth-order valence-electron chi connectivity index (χ4n) is 3.34. The van der Waals surface area contributed by atoms with Gasteiger partial charge in [0.2, 0.25) is 0 Å². The molecule has 5 nitrogen and oxygen atoms in total. The molecule has 1 saturated heterocycles. The van der Waals surface area contributed by atoms with Crippen LogP contribution in [0.2, 0.25) is 0 Å². The number of carbonyl (C=O) groups excluding carboxylic acids is 1. The molecule has 1 fully saturated rings. The maximum atomic E-state index is 12.0. The summed E-state index contributed by atoms with van der Waals surface area (Å²) in [5.41, 5.74) is -0.322. The molecule has 0 aromatic heterocycles. The summed E-state index contributed by atoms with van der Waals surface area (Å²) in [5, 5.41) is 16.1. The lowest BCUT2D eigenvalue weighted by Gasteiger charge is -2.33. The fourth-order valence-corrected chi connectivity index (χ4v) is 3.34. The summed E-state index contributed by atoms with van der Waals surface area (Å²) >= 11 is 0. The van der Waals surface area contributed by atoms with Crippen molar-refractivity contribution < 1.29 is 9.90 Å². The van der Waals surface area contributed by atoms with Gasteiger partial charge >= 0.3 is 6.03 Å². The maximum Gasteiger partial charge on any atom is 0.314 e. The summed E-state index contributed by atoms with van der Waals surface area (Å²) in [6.07, 6.45) is 3.12. The van der Waals surface area contributed by atoms with Gasteiger partial charge < -0.3 is 20.6 Å². The van der Waals surface area contributed by atoms with E-state index in [-0.39, 0.29) is 17.4 Å². The van der Waals surface area contributed by atoms with E-state index in [4.69, 9.17) is 0 Å². The molecule has 0 aromatic rings. The van der Waals surface area contributed by atoms with Crippen molar-refractivity contribution in [2.24, 2.45) is 17.3 Å². The first-order valence-corrected chi connectivity index (χ1v) is 9.18. The molecule has 0 aromatic carbocycles.